The van der Waals surface area contributed by atoms with Crippen molar-refractivity contribution in [3.05, 3.63) is 71.8 Å². The first-order valence-electron chi connectivity index (χ1n) is 17.5. The van der Waals surface area contributed by atoms with Crippen LogP contribution in [0.3, 0.4) is 0 Å². The molecule has 1 aliphatic rings. The molecule has 17 heteroatoms. The lowest BCUT2D eigenvalue weighted by molar-refractivity contribution is -0.238. The standard InChI is InChI=1S/C19H26F3NO4.C16H22F3NO4.C2H6.CH4O/c1-17(2,3)27-16(24)23-14(12-26-18(23,4)5)15(19(20,21)22)25-11-13-9-7-6-8-10-13;1-15(2,3)24-14(22)20-12(9-21)13(16(17,18)19)23-10-11-7-5-4-6-8-11;2*1-2/h6-10,14-15H,11-12H2,1-5H3;4-8,12-13,21H,9-10H2,1-3H3,(H,20,22);1-2H3;2H,1H3/t14-,15?;12-,13-;;/m00../s1. The zero-order valence-corrected chi connectivity index (χ0v) is 33.4. The molecule has 55 heavy (non-hydrogen) atoms. The van der Waals surface area contributed by atoms with Crippen LogP contribution in [0.2, 0.25) is 0 Å². The summed E-state index contributed by atoms with van der Waals surface area (Å²) in [5, 5.41) is 18.3. The third-order valence-corrected chi connectivity index (χ3v) is 6.91. The van der Waals surface area contributed by atoms with Gasteiger partial charge in [-0.2, -0.15) is 26.3 Å². The summed E-state index contributed by atoms with van der Waals surface area (Å²) in [5.74, 6) is 0. The van der Waals surface area contributed by atoms with Gasteiger partial charge in [0.15, 0.2) is 12.2 Å². The van der Waals surface area contributed by atoms with Gasteiger partial charge in [-0.25, -0.2) is 9.59 Å². The Kier molecular flexibility index (Phi) is 21.3. The van der Waals surface area contributed by atoms with Crippen LogP contribution in [0.5, 0.6) is 0 Å². The van der Waals surface area contributed by atoms with Gasteiger partial charge in [0.2, 0.25) is 0 Å². The molecule has 3 rings (SSSR count). The van der Waals surface area contributed by atoms with E-state index in [0.29, 0.717) is 11.1 Å². The van der Waals surface area contributed by atoms with Crippen molar-refractivity contribution in [1.29, 1.82) is 0 Å². The zero-order chi connectivity index (χ0) is 42.8. The number of hydrogen-bond acceptors (Lipinski definition) is 9. The van der Waals surface area contributed by atoms with Gasteiger partial charge < -0.3 is 39.2 Å². The van der Waals surface area contributed by atoms with Gasteiger partial charge in [0.05, 0.1) is 38.5 Å². The average Bonchev–Trinajstić information content (AvgIpc) is 3.38. The quantitative estimate of drug-likeness (QED) is 0.204. The maximum Gasteiger partial charge on any atom is 0.416 e. The topological polar surface area (TPSA) is 136 Å². The van der Waals surface area contributed by atoms with E-state index in [2.05, 4.69) is 0 Å². The summed E-state index contributed by atoms with van der Waals surface area (Å²) < 4.78 is 107. The fraction of sp³-hybridized carbons (Fsp3) is 0.632. The Morgan fingerprint density at radius 3 is 1.62 bits per heavy atom. The summed E-state index contributed by atoms with van der Waals surface area (Å²) in [6.45, 7) is 15.0. The number of rotatable bonds is 10. The number of halogens is 6. The Bertz CT molecular complexity index is 1370. The lowest BCUT2D eigenvalue weighted by Crippen LogP contribution is -2.57. The van der Waals surface area contributed by atoms with Gasteiger partial charge in [0, 0.05) is 7.11 Å². The van der Waals surface area contributed by atoms with E-state index in [4.69, 9.17) is 28.8 Å². The van der Waals surface area contributed by atoms with E-state index in [1.165, 1.54) is 13.8 Å². The molecule has 3 N–H and O–H groups in total. The van der Waals surface area contributed by atoms with E-state index in [1.54, 1.807) is 102 Å². The predicted molar refractivity (Wildman–Crippen MR) is 194 cm³/mol. The molecule has 316 valence electrons. The fourth-order valence-electron chi connectivity index (χ4n) is 4.78. The molecule has 11 nitrogen and oxygen atoms in total. The molecule has 2 aromatic carbocycles. The van der Waals surface area contributed by atoms with Crippen LogP contribution in [0.25, 0.3) is 0 Å². The van der Waals surface area contributed by atoms with Gasteiger partial charge in [-0.3, -0.25) is 4.90 Å². The highest BCUT2D eigenvalue weighted by molar-refractivity contribution is 5.70. The Morgan fingerprint density at radius 2 is 1.24 bits per heavy atom. The third-order valence-electron chi connectivity index (χ3n) is 6.91. The van der Waals surface area contributed by atoms with Gasteiger partial charge in [0.25, 0.3) is 0 Å². The molecule has 0 radical (unpaired) electrons. The van der Waals surface area contributed by atoms with Gasteiger partial charge in [-0.15, -0.1) is 0 Å². The van der Waals surface area contributed by atoms with Gasteiger partial charge >= 0.3 is 24.5 Å². The van der Waals surface area contributed by atoms with Crippen LogP contribution in [0, 0.1) is 0 Å². The summed E-state index contributed by atoms with van der Waals surface area (Å²) in [7, 11) is 1.00. The number of alkyl carbamates (subject to hydrolysis) is 1. The third kappa shape index (κ3) is 19.2. The molecule has 0 spiro atoms. The number of amides is 2. The van der Waals surface area contributed by atoms with Crippen molar-refractivity contribution in [2.45, 2.75) is 136 Å². The SMILES string of the molecule is CC.CC(C)(C)OC(=O)N1[C@H](C(OCc2ccccc2)C(F)(F)F)COC1(C)C.CC(C)(C)OC(=O)N[C@@H](CO)[C@H](OCc1ccccc1)C(F)(F)F.CO. The average molecular weight is 801 g/mol. The minimum atomic E-state index is -4.77. The first-order chi connectivity index (χ1) is 25.3. The largest absolute Gasteiger partial charge is 0.444 e. The summed E-state index contributed by atoms with van der Waals surface area (Å²) in [5.41, 5.74) is -1.82. The molecule has 0 saturated carbocycles. The second-order valence-electron chi connectivity index (χ2n) is 14.1. The molecule has 2 amide bonds. The second kappa shape index (κ2) is 22.8. The number of nitrogens with zero attached hydrogens (tertiary/aromatic N) is 1. The summed E-state index contributed by atoms with van der Waals surface area (Å²) in [6.07, 6.45) is -15.9. The van der Waals surface area contributed by atoms with Crippen molar-refractivity contribution in [2.24, 2.45) is 0 Å². The molecule has 1 fully saturated rings. The number of aliphatic hydroxyl groups excluding tert-OH is 2. The van der Waals surface area contributed by atoms with Crippen molar-refractivity contribution in [1.82, 2.24) is 10.2 Å². The molecule has 1 unspecified atom stereocenters. The first-order valence-corrected chi connectivity index (χ1v) is 17.5. The molecule has 0 bridgehead atoms. The minimum Gasteiger partial charge on any atom is -0.444 e. The van der Waals surface area contributed by atoms with Crippen molar-refractivity contribution in [3.8, 4) is 0 Å². The van der Waals surface area contributed by atoms with E-state index in [9.17, 15) is 41.0 Å². The second-order valence-corrected chi connectivity index (χ2v) is 14.1. The smallest absolute Gasteiger partial charge is 0.416 e. The molecular weight excluding hydrogens is 742 g/mol. The maximum atomic E-state index is 13.7. The number of nitrogens with one attached hydrogen (secondary N) is 1. The van der Waals surface area contributed by atoms with Crippen LogP contribution in [-0.4, -0.2) is 101 Å². The Hall–Kier alpha value is -3.64. The number of carbonyl (C=O) groups excluding carboxylic acids is 2. The predicted octanol–water partition coefficient (Wildman–Crippen LogP) is 8.16. The highest BCUT2D eigenvalue weighted by Crippen LogP contribution is 2.37. The first kappa shape index (κ1) is 51.4. The van der Waals surface area contributed by atoms with E-state index >= 15 is 0 Å². The summed E-state index contributed by atoms with van der Waals surface area (Å²) in [4.78, 5) is 25.2. The number of hydrogen-bond donors (Lipinski definition) is 3. The molecule has 1 aliphatic heterocycles. The van der Waals surface area contributed by atoms with Crippen LogP contribution < -0.4 is 5.32 Å². The lowest BCUT2D eigenvalue weighted by Gasteiger charge is -2.38. The maximum absolute atomic E-state index is 13.7. The number of carbonyl (C=O) groups is 2. The molecule has 1 heterocycles. The normalized spacial score (nSPS) is 17.1. The zero-order valence-electron chi connectivity index (χ0n) is 33.4. The Balaban J connectivity index is 0.000000978. The van der Waals surface area contributed by atoms with E-state index in [-0.39, 0.29) is 19.8 Å². The highest BCUT2D eigenvalue weighted by Gasteiger charge is 2.56. The van der Waals surface area contributed by atoms with Crippen LogP contribution in [0.1, 0.15) is 80.4 Å². The van der Waals surface area contributed by atoms with Crippen molar-refractivity contribution in [3.63, 3.8) is 0 Å². The number of aliphatic hydroxyl groups is 2. The van der Waals surface area contributed by atoms with Crippen LogP contribution in [-0.2, 0) is 36.9 Å². The molecule has 4 atom stereocenters. The minimum absolute atomic E-state index is 0.232. The van der Waals surface area contributed by atoms with Crippen molar-refractivity contribution < 1.29 is 69.8 Å². The van der Waals surface area contributed by atoms with Gasteiger partial charge in [0.1, 0.15) is 16.9 Å². The van der Waals surface area contributed by atoms with Gasteiger partial charge in [-0.05, 0) is 66.5 Å². The number of benzene rings is 2. The van der Waals surface area contributed by atoms with E-state index < -0.39 is 72.4 Å². The summed E-state index contributed by atoms with van der Waals surface area (Å²) >= 11 is 0. The molecule has 2 aromatic rings. The fourth-order valence-corrected chi connectivity index (χ4v) is 4.78. The molecule has 1 saturated heterocycles. The van der Waals surface area contributed by atoms with E-state index in [1.807, 2.05) is 19.2 Å². The van der Waals surface area contributed by atoms with Crippen LogP contribution in [0.15, 0.2) is 60.7 Å². The lowest BCUT2D eigenvalue weighted by atomic mass is 10.1. The number of alkyl halides is 6. The van der Waals surface area contributed by atoms with E-state index in [0.717, 1.165) is 12.0 Å². The van der Waals surface area contributed by atoms with Crippen LogP contribution in [0.4, 0.5) is 35.9 Å². The molecular formula is C38H58F6N2O9. The van der Waals surface area contributed by atoms with Crippen molar-refractivity contribution >= 4 is 12.2 Å². The Morgan fingerprint density at radius 1 is 0.800 bits per heavy atom. The van der Waals surface area contributed by atoms with Crippen LogP contribution >= 0.6 is 0 Å². The highest BCUT2D eigenvalue weighted by atomic mass is 19.4. The van der Waals surface area contributed by atoms with Crippen molar-refractivity contribution in [2.75, 3.05) is 20.3 Å². The number of ether oxygens (including phenoxy) is 5. The summed E-state index contributed by atoms with van der Waals surface area (Å²) in [6, 6.07) is 13.8. The molecule has 0 aliphatic carbocycles. The monoisotopic (exact) mass is 800 g/mol. The van der Waals surface area contributed by atoms with Gasteiger partial charge in [-0.1, -0.05) is 74.5 Å². The molecule has 0 aromatic heterocycles. The Labute approximate surface area is 320 Å².